The first kappa shape index (κ1) is 17.2. The van der Waals surface area contributed by atoms with Crippen molar-refractivity contribution in [2.75, 3.05) is 37.0 Å². The van der Waals surface area contributed by atoms with Gasteiger partial charge in [0.15, 0.2) is 0 Å². The van der Waals surface area contributed by atoms with E-state index in [-0.39, 0.29) is 12.1 Å². The van der Waals surface area contributed by atoms with E-state index in [1.165, 1.54) is 0 Å². The number of nitrogens with zero attached hydrogens (tertiary/aromatic N) is 4. The summed E-state index contributed by atoms with van der Waals surface area (Å²) < 4.78 is 6.72. The third kappa shape index (κ3) is 4.48. The topological polar surface area (TPSA) is 84.3 Å². The van der Waals surface area contributed by atoms with E-state index in [2.05, 4.69) is 25.6 Å². The van der Waals surface area contributed by atoms with Crippen LogP contribution in [0.2, 0.25) is 0 Å². The number of urea groups is 1. The average molecular weight is 344 g/mol. The SMILES string of the molecule is COCCc1cc(NC(=O)NC2CCN(c3ccccn3)C2)n(C)n1. The fourth-order valence-corrected chi connectivity index (χ4v) is 2.94. The maximum Gasteiger partial charge on any atom is 0.320 e. The molecule has 1 aliphatic heterocycles. The van der Waals surface area contributed by atoms with Crippen LogP contribution in [0.1, 0.15) is 12.1 Å². The molecule has 1 saturated heterocycles. The first-order valence-corrected chi connectivity index (χ1v) is 8.41. The van der Waals surface area contributed by atoms with Crippen LogP contribution in [0.5, 0.6) is 0 Å². The molecule has 2 aromatic rings. The molecule has 1 unspecified atom stereocenters. The zero-order valence-electron chi connectivity index (χ0n) is 14.6. The molecule has 8 nitrogen and oxygen atoms in total. The number of aryl methyl sites for hydroxylation is 1. The summed E-state index contributed by atoms with van der Waals surface area (Å²) >= 11 is 0. The molecular weight excluding hydrogens is 320 g/mol. The van der Waals surface area contributed by atoms with Crippen LogP contribution < -0.4 is 15.5 Å². The average Bonchev–Trinajstić information content (AvgIpc) is 3.21. The van der Waals surface area contributed by atoms with Crippen LogP contribution in [0.4, 0.5) is 16.4 Å². The lowest BCUT2D eigenvalue weighted by atomic mass is 10.3. The van der Waals surface area contributed by atoms with Crippen molar-refractivity contribution >= 4 is 17.7 Å². The molecule has 3 rings (SSSR count). The molecule has 2 aromatic heterocycles. The summed E-state index contributed by atoms with van der Waals surface area (Å²) in [7, 11) is 3.47. The lowest BCUT2D eigenvalue weighted by molar-refractivity contribution is 0.201. The maximum atomic E-state index is 12.3. The van der Waals surface area contributed by atoms with Gasteiger partial charge in [-0.3, -0.25) is 10.00 Å². The highest BCUT2D eigenvalue weighted by molar-refractivity contribution is 5.88. The number of hydrogen-bond acceptors (Lipinski definition) is 5. The minimum atomic E-state index is -0.214. The van der Waals surface area contributed by atoms with E-state index in [1.54, 1.807) is 18.0 Å². The first-order valence-electron chi connectivity index (χ1n) is 8.41. The lowest BCUT2D eigenvalue weighted by Crippen LogP contribution is -2.40. The van der Waals surface area contributed by atoms with Crippen LogP contribution >= 0.6 is 0 Å². The molecule has 1 atom stereocenters. The Morgan fingerprint density at radius 2 is 2.32 bits per heavy atom. The second-order valence-electron chi connectivity index (χ2n) is 6.11. The van der Waals surface area contributed by atoms with Gasteiger partial charge in [-0.05, 0) is 18.6 Å². The highest BCUT2D eigenvalue weighted by atomic mass is 16.5. The van der Waals surface area contributed by atoms with Gasteiger partial charge in [-0.2, -0.15) is 5.10 Å². The number of aromatic nitrogens is 3. The zero-order valence-corrected chi connectivity index (χ0v) is 14.6. The van der Waals surface area contributed by atoms with E-state index in [1.807, 2.05) is 31.3 Å². The predicted molar refractivity (Wildman–Crippen MR) is 95.8 cm³/mol. The van der Waals surface area contributed by atoms with Gasteiger partial charge >= 0.3 is 6.03 Å². The lowest BCUT2D eigenvalue weighted by Gasteiger charge is -2.17. The van der Waals surface area contributed by atoms with Crippen LogP contribution in [0.15, 0.2) is 30.5 Å². The van der Waals surface area contributed by atoms with Crippen molar-refractivity contribution in [3.05, 3.63) is 36.2 Å². The van der Waals surface area contributed by atoms with E-state index in [0.29, 0.717) is 12.4 Å². The molecule has 2 amide bonds. The summed E-state index contributed by atoms with van der Waals surface area (Å²) in [6.07, 6.45) is 3.40. The Kier molecular flexibility index (Phi) is 5.49. The van der Waals surface area contributed by atoms with E-state index >= 15 is 0 Å². The summed E-state index contributed by atoms with van der Waals surface area (Å²) in [5, 5.41) is 10.2. The normalized spacial score (nSPS) is 16.9. The smallest absolute Gasteiger partial charge is 0.320 e. The highest BCUT2D eigenvalue weighted by Crippen LogP contribution is 2.17. The van der Waals surface area contributed by atoms with Gasteiger partial charge in [0, 0.05) is 52.0 Å². The van der Waals surface area contributed by atoms with Gasteiger partial charge in [-0.15, -0.1) is 0 Å². The van der Waals surface area contributed by atoms with Crippen molar-refractivity contribution in [1.82, 2.24) is 20.1 Å². The molecular formula is C17H24N6O2. The maximum absolute atomic E-state index is 12.3. The number of amides is 2. The van der Waals surface area contributed by atoms with Gasteiger partial charge in [-0.1, -0.05) is 6.07 Å². The molecule has 0 aromatic carbocycles. The quantitative estimate of drug-likeness (QED) is 0.828. The van der Waals surface area contributed by atoms with Crippen molar-refractivity contribution in [2.24, 2.45) is 7.05 Å². The van der Waals surface area contributed by atoms with E-state index in [0.717, 1.165) is 37.4 Å². The van der Waals surface area contributed by atoms with Crippen molar-refractivity contribution in [3.8, 4) is 0 Å². The fraction of sp³-hybridized carbons (Fsp3) is 0.471. The van der Waals surface area contributed by atoms with Gasteiger partial charge in [0.1, 0.15) is 11.6 Å². The summed E-state index contributed by atoms with van der Waals surface area (Å²) in [6.45, 7) is 2.25. The number of methoxy groups -OCH3 is 1. The zero-order chi connectivity index (χ0) is 17.6. The van der Waals surface area contributed by atoms with E-state index < -0.39 is 0 Å². The van der Waals surface area contributed by atoms with Crippen LogP contribution in [0, 0.1) is 0 Å². The third-order valence-electron chi connectivity index (χ3n) is 4.23. The largest absolute Gasteiger partial charge is 0.384 e. The Hall–Kier alpha value is -2.61. The molecule has 0 bridgehead atoms. The molecule has 0 aliphatic carbocycles. The van der Waals surface area contributed by atoms with Gasteiger partial charge < -0.3 is 15.0 Å². The second-order valence-corrected chi connectivity index (χ2v) is 6.11. The minimum Gasteiger partial charge on any atom is -0.384 e. The number of ether oxygens (including phenoxy) is 1. The van der Waals surface area contributed by atoms with Gasteiger partial charge in [0.05, 0.1) is 12.3 Å². The Morgan fingerprint density at radius 1 is 1.44 bits per heavy atom. The Bertz CT molecular complexity index is 702. The molecule has 1 aliphatic rings. The van der Waals surface area contributed by atoms with Gasteiger partial charge in [0.2, 0.25) is 0 Å². The molecule has 2 N–H and O–H groups in total. The Labute approximate surface area is 147 Å². The van der Waals surface area contributed by atoms with Crippen LogP contribution in [0.25, 0.3) is 0 Å². The van der Waals surface area contributed by atoms with Crippen molar-refractivity contribution < 1.29 is 9.53 Å². The van der Waals surface area contributed by atoms with Crippen LogP contribution in [0.3, 0.4) is 0 Å². The number of hydrogen-bond donors (Lipinski definition) is 2. The Balaban J connectivity index is 1.51. The minimum absolute atomic E-state index is 0.100. The fourth-order valence-electron chi connectivity index (χ4n) is 2.94. The number of pyridine rings is 1. The van der Waals surface area contributed by atoms with E-state index in [4.69, 9.17) is 4.74 Å². The number of carbonyl (C=O) groups is 1. The van der Waals surface area contributed by atoms with E-state index in [9.17, 15) is 4.79 Å². The number of carbonyl (C=O) groups excluding carboxylic acids is 1. The first-order chi connectivity index (χ1) is 12.2. The Morgan fingerprint density at radius 3 is 3.08 bits per heavy atom. The molecule has 134 valence electrons. The summed E-state index contributed by atoms with van der Waals surface area (Å²) in [4.78, 5) is 18.8. The van der Waals surface area contributed by atoms with Crippen molar-refractivity contribution in [1.29, 1.82) is 0 Å². The highest BCUT2D eigenvalue weighted by Gasteiger charge is 2.24. The number of anilines is 2. The van der Waals surface area contributed by atoms with Gasteiger partial charge in [0.25, 0.3) is 0 Å². The molecule has 25 heavy (non-hydrogen) atoms. The monoisotopic (exact) mass is 344 g/mol. The summed E-state index contributed by atoms with van der Waals surface area (Å²) in [5.74, 6) is 1.62. The molecule has 0 radical (unpaired) electrons. The molecule has 8 heteroatoms. The molecule has 3 heterocycles. The van der Waals surface area contributed by atoms with Gasteiger partial charge in [-0.25, -0.2) is 9.78 Å². The standard InChI is InChI=1S/C17H24N6O2/c1-22-16(11-13(21-22)7-10-25-2)20-17(24)19-14-6-9-23(12-14)15-5-3-4-8-18-15/h3-5,8,11,14H,6-7,9-10,12H2,1-2H3,(H2,19,20,24). The van der Waals surface area contributed by atoms with Crippen LogP contribution in [-0.2, 0) is 18.2 Å². The molecule has 0 saturated carbocycles. The number of nitrogens with one attached hydrogen (secondary N) is 2. The third-order valence-corrected chi connectivity index (χ3v) is 4.23. The van der Waals surface area contributed by atoms with Crippen LogP contribution in [-0.4, -0.2) is 53.6 Å². The summed E-state index contributed by atoms with van der Waals surface area (Å²) in [6, 6.07) is 7.61. The van der Waals surface area contributed by atoms with Crippen molar-refractivity contribution in [3.63, 3.8) is 0 Å². The number of rotatable bonds is 6. The molecule has 1 fully saturated rings. The molecule has 0 spiro atoms. The predicted octanol–water partition coefficient (Wildman–Crippen LogP) is 1.40. The van der Waals surface area contributed by atoms with Crippen molar-refractivity contribution in [2.45, 2.75) is 18.9 Å². The second kappa shape index (κ2) is 7.98. The summed E-state index contributed by atoms with van der Waals surface area (Å²) in [5.41, 5.74) is 0.891.